The second-order valence-electron chi connectivity index (χ2n) is 4.63. The van der Waals surface area contributed by atoms with E-state index in [-0.39, 0.29) is 12.4 Å². The Morgan fingerprint density at radius 2 is 2.05 bits per heavy atom. The first-order valence-electron chi connectivity index (χ1n) is 6.14. The van der Waals surface area contributed by atoms with Gasteiger partial charge in [-0.2, -0.15) is 0 Å². The van der Waals surface area contributed by atoms with E-state index < -0.39 is 5.82 Å². The smallest absolute Gasteiger partial charge is 0.202 e. The predicted octanol–water partition coefficient (Wildman–Crippen LogP) is 3.81. The molecule has 0 saturated carbocycles. The van der Waals surface area contributed by atoms with Gasteiger partial charge in [-0.25, -0.2) is 4.39 Å². The van der Waals surface area contributed by atoms with Crippen LogP contribution in [-0.2, 0) is 7.05 Å². The fraction of sp³-hybridized carbons (Fsp3) is 0.267. The van der Waals surface area contributed by atoms with Crippen LogP contribution in [0.15, 0.2) is 28.7 Å². The number of ether oxygens (including phenoxy) is 1. The van der Waals surface area contributed by atoms with Gasteiger partial charge in [0.25, 0.3) is 0 Å². The van der Waals surface area contributed by atoms with Crippen molar-refractivity contribution < 1.29 is 13.9 Å². The first-order valence-corrected chi connectivity index (χ1v) is 6.93. The van der Waals surface area contributed by atoms with Crippen LogP contribution in [-0.4, -0.2) is 17.0 Å². The minimum Gasteiger partial charge on any atom is -0.484 e. The number of Topliss-reactive ketones (excluding diaryl/α,β-unsaturated/α-hetero) is 1. The van der Waals surface area contributed by atoms with Gasteiger partial charge in [-0.3, -0.25) is 4.79 Å². The molecular weight excluding hydrogens is 325 g/mol. The Balaban J connectivity index is 2.12. The molecule has 0 aliphatic carbocycles. The molecule has 1 aromatic heterocycles. The molecule has 0 bridgehead atoms. The number of aromatic nitrogens is 1. The lowest BCUT2D eigenvalue weighted by atomic mass is 10.1. The molecule has 3 nitrogen and oxygen atoms in total. The van der Waals surface area contributed by atoms with Gasteiger partial charge in [0.1, 0.15) is 11.6 Å². The average Bonchev–Trinajstić information content (AvgIpc) is 2.67. The third-order valence-corrected chi connectivity index (χ3v) is 3.98. The Hall–Kier alpha value is -1.62. The molecule has 0 radical (unpaired) electrons. The highest BCUT2D eigenvalue weighted by Gasteiger charge is 2.15. The molecule has 0 aliphatic heterocycles. The van der Waals surface area contributed by atoms with Crippen molar-refractivity contribution in [1.29, 1.82) is 0 Å². The maximum absolute atomic E-state index is 13.1. The van der Waals surface area contributed by atoms with Crippen molar-refractivity contribution in [3.05, 3.63) is 51.5 Å². The first kappa shape index (κ1) is 14.8. The summed E-state index contributed by atoms with van der Waals surface area (Å²) in [6, 6.07) is 5.96. The molecular formula is C15H15BrFNO2. The van der Waals surface area contributed by atoms with Gasteiger partial charge in [0.05, 0.1) is 4.47 Å². The van der Waals surface area contributed by atoms with Gasteiger partial charge in [0.2, 0.25) is 5.78 Å². The van der Waals surface area contributed by atoms with Gasteiger partial charge in [0.15, 0.2) is 6.61 Å². The fourth-order valence-corrected chi connectivity index (χ4v) is 2.31. The number of carbonyl (C=O) groups excluding carboxylic acids is 1. The summed E-state index contributed by atoms with van der Waals surface area (Å²) in [5.74, 6) is -0.201. The lowest BCUT2D eigenvalue weighted by Gasteiger charge is -2.08. The molecule has 0 fully saturated rings. The zero-order valence-corrected chi connectivity index (χ0v) is 13.1. The van der Waals surface area contributed by atoms with Crippen LogP contribution in [0.25, 0.3) is 0 Å². The van der Waals surface area contributed by atoms with Crippen molar-refractivity contribution in [2.45, 2.75) is 13.8 Å². The van der Waals surface area contributed by atoms with Crippen LogP contribution in [0, 0.1) is 19.7 Å². The van der Waals surface area contributed by atoms with E-state index in [1.54, 1.807) is 6.07 Å². The molecule has 5 heteroatoms. The highest BCUT2D eigenvalue weighted by molar-refractivity contribution is 9.10. The number of ketones is 1. The van der Waals surface area contributed by atoms with Gasteiger partial charge in [0, 0.05) is 30.1 Å². The summed E-state index contributed by atoms with van der Waals surface area (Å²) in [7, 11) is 1.91. The second-order valence-corrected chi connectivity index (χ2v) is 5.48. The minimum absolute atomic E-state index is 0.119. The third kappa shape index (κ3) is 2.93. The Morgan fingerprint density at radius 3 is 2.65 bits per heavy atom. The Morgan fingerprint density at radius 1 is 1.35 bits per heavy atom. The Bertz CT molecular complexity index is 664. The predicted molar refractivity (Wildman–Crippen MR) is 78.8 cm³/mol. The molecule has 0 unspecified atom stereocenters. The Kier molecular flexibility index (Phi) is 4.28. The van der Waals surface area contributed by atoms with Crippen molar-refractivity contribution in [2.75, 3.05) is 6.61 Å². The molecule has 0 amide bonds. The maximum atomic E-state index is 13.1. The van der Waals surface area contributed by atoms with Gasteiger partial charge < -0.3 is 9.30 Å². The zero-order chi connectivity index (χ0) is 14.9. The summed E-state index contributed by atoms with van der Waals surface area (Å²) in [5, 5.41) is 0. The van der Waals surface area contributed by atoms with Crippen molar-refractivity contribution in [2.24, 2.45) is 7.05 Å². The summed E-state index contributed by atoms with van der Waals surface area (Å²) in [4.78, 5) is 12.2. The lowest BCUT2D eigenvalue weighted by Crippen LogP contribution is -2.12. The van der Waals surface area contributed by atoms with E-state index in [1.807, 2.05) is 31.5 Å². The molecule has 2 rings (SSSR count). The van der Waals surface area contributed by atoms with E-state index in [1.165, 1.54) is 12.1 Å². The summed E-state index contributed by atoms with van der Waals surface area (Å²) in [5.41, 5.74) is 2.55. The second kappa shape index (κ2) is 5.79. The molecule has 0 atom stereocenters. The normalized spacial score (nSPS) is 10.7. The number of carbonyl (C=O) groups is 1. The lowest BCUT2D eigenvalue weighted by molar-refractivity contribution is 0.0920. The molecule has 2 aromatic rings. The standard InChI is InChI=1S/C15H15BrFNO2/c1-9-6-12(10(2)18(9)3)14(19)8-20-15-7-11(17)4-5-13(15)16/h4-7H,8H2,1-3H3. The number of benzene rings is 1. The van der Waals surface area contributed by atoms with Gasteiger partial charge in [-0.15, -0.1) is 0 Å². The van der Waals surface area contributed by atoms with E-state index in [2.05, 4.69) is 15.9 Å². The van der Waals surface area contributed by atoms with E-state index in [0.717, 1.165) is 11.4 Å². The van der Waals surface area contributed by atoms with Crippen LogP contribution in [0.3, 0.4) is 0 Å². The van der Waals surface area contributed by atoms with E-state index in [4.69, 9.17) is 4.74 Å². The summed E-state index contributed by atoms with van der Waals surface area (Å²) in [6.45, 7) is 3.71. The monoisotopic (exact) mass is 339 g/mol. The van der Waals surface area contributed by atoms with Crippen LogP contribution < -0.4 is 4.74 Å². The molecule has 1 heterocycles. The van der Waals surface area contributed by atoms with E-state index in [0.29, 0.717) is 15.8 Å². The number of aryl methyl sites for hydroxylation is 1. The van der Waals surface area contributed by atoms with E-state index >= 15 is 0 Å². The van der Waals surface area contributed by atoms with Crippen LogP contribution in [0.4, 0.5) is 4.39 Å². The third-order valence-electron chi connectivity index (χ3n) is 3.33. The molecule has 106 valence electrons. The van der Waals surface area contributed by atoms with Crippen molar-refractivity contribution >= 4 is 21.7 Å². The van der Waals surface area contributed by atoms with Gasteiger partial charge in [-0.1, -0.05) is 0 Å². The maximum Gasteiger partial charge on any atom is 0.202 e. The highest BCUT2D eigenvalue weighted by atomic mass is 79.9. The van der Waals surface area contributed by atoms with Gasteiger partial charge in [-0.05, 0) is 48.0 Å². The average molecular weight is 340 g/mol. The molecule has 20 heavy (non-hydrogen) atoms. The Labute approximate surface area is 125 Å². The summed E-state index contributed by atoms with van der Waals surface area (Å²) < 4.78 is 21.1. The molecule has 1 aromatic carbocycles. The largest absolute Gasteiger partial charge is 0.484 e. The van der Waals surface area contributed by atoms with Crippen molar-refractivity contribution in [3.63, 3.8) is 0 Å². The van der Waals surface area contributed by atoms with Gasteiger partial charge >= 0.3 is 0 Å². The van der Waals surface area contributed by atoms with E-state index in [9.17, 15) is 9.18 Å². The number of rotatable bonds is 4. The van der Waals surface area contributed by atoms with Crippen molar-refractivity contribution in [3.8, 4) is 5.75 Å². The SMILES string of the molecule is Cc1cc(C(=O)COc2cc(F)ccc2Br)c(C)n1C. The van der Waals surface area contributed by atoms with Crippen LogP contribution >= 0.6 is 15.9 Å². The summed E-state index contributed by atoms with van der Waals surface area (Å²) in [6.07, 6.45) is 0. The number of hydrogen-bond donors (Lipinski definition) is 0. The van der Waals surface area contributed by atoms with Crippen LogP contribution in [0.2, 0.25) is 0 Å². The van der Waals surface area contributed by atoms with Crippen molar-refractivity contribution in [1.82, 2.24) is 4.57 Å². The zero-order valence-electron chi connectivity index (χ0n) is 11.5. The molecule has 0 saturated heterocycles. The fourth-order valence-electron chi connectivity index (χ4n) is 1.95. The topological polar surface area (TPSA) is 31.2 Å². The van der Waals surface area contributed by atoms with Crippen LogP contribution in [0.1, 0.15) is 21.7 Å². The first-order chi connectivity index (χ1) is 9.40. The number of hydrogen-bond acceptors (Lipinski definition) is 2. The number of halogens is 2. The van der Waals surface area contributed by atoms with Crippen LogP contribution in [0.5, 0.6) is 5.75 Å². The minimum atomic E-state index is -0.401. The molecule has 0 N–H and O–H groups in total. The highest BCUT2D eigenvalue weighted by Crippen LogP contribution is 2.25. The molecule has 0 aliphatic rings. The quantitative estimate of drug-likeness (QED) is 0.793. The molecule has 0 spiro atoms. The summed E-state index contributed by atoms with van der Waals surface area (Å²) >= 11 is 3.26. The number of nitrogens with zero attached hydrogens (tertiary/aromatic N) is 1.